The predicted molar refractivity (Wildman–Crippen MR) is 133 cm³/mol. The molecule has 3 aromatic rings. The molecule has 0 saturated carbocycles. The zero-order valence-corrected chi connectivity index (χ0v) is 19.3. The molecule has 0 spiro atoms. The van der Waals surface area contributed by atoms with Crippen molar-refractivity contribution in [2.75, 3.05) is 13.1 Å². The lowest BCUT2D eigenvalue weighted by atomic mass is 9.90. The van der Waals surface area contributed by atoms with E-state index >= 15 is 0 Å². The molecule has 5 rings (SSSR count). The first-order chi connectivity index (χ1) is 15.2. The molecule has 4 heterocycles. The maximum absolute atomic E-state index is 6.23. The molecule has 0 bridgehead atoms. The number of fused-ring (bicyclic) bond motifs is 2. The van der Waals surface area contributed by atoms with Gasteiger partial charge in [-0.15, -0.1) is 0 Å². The first-order valence-electron chi connectivity index (χ1n) is 10.4. The Morgan fingerprint density at radius 2 is 2.13 bits per heavy atom. The van der Waals surface area contributed by atoms with Gasteiger partial charge in [-0.25, -0.2) is 10.8 Å². The fourth-order valence-corrected chi connectivity index (χ4v) is 5.16. The minimum absolute atomic E-state index is 0.325. The highest BCUT2D eigenvalue weighted by molar-refractivity contribution is 14.1. The molecule has 2 aromatic heterocycles. The third kappa shape index (κ3) is 3.81. The summed E-state index contributed by atoms with van der Waals surface area (Å²) >= 11 is 2.36. The van der Waals surface area contributed by atoms with Crippen LogP contribution in [0.1, 0.15) is 29.7 Å². The lowest BCUT2D eigenvalue weighted by molar-refractivity contribution is 0.191. The number of allylic oxidation sites excluding steroid dienone is 1. The summed E-state index contributed by atoms with van der Waals surface area (Å²) in [5.41, 5.74) is 6.39. The molecule has 0 unspecified atom stereocenters. The van der Waals surface area contributed by atoms with Gasteiger partial charge < -0.3 is 4.98 Å². The van der Waals surface area contributed by atoms with Crippen LogP contribution >= 0.6 is 22.6 Å². The van der Waals surface area contributed by atoms with Gasteiger partial charge in [-0.05, 0) is 56.4 Å². The van der Waals surface area contributed by atoms with E-state index in [0.29, 0.717) is 5.92 Å². The summed E-state index contributed by atoms with van der Waals surface area (Å²) in [5, 5.41) is 10.3. The number of aliphatic imine (C=N–C) groups is 2. The van der Waals surface area contributed by atoms with E-state index in [1.165, 1.54) is 10.9 Å². The second-order valence-corrected chi connectivity index (χ2v) is 8.78. The zero-order valence-electron chi connectivity index (χ0n) is 17.2. The van der Waals surface area contributed by atoms with Gasteiger partial charge in [0.15, 0.2) is 0 Å². The normalized spacial score (nSPS) is 19.1. The number of hydrogen-bond donors (Lipinski definition) is 3. The minimum atomic E-state index is 0.325. The van der Waals surface area contributed by atoms with Crippen LogP contribution in [-0.4, -0.2) is 51.2 Å². The van der Waals surface area contributed by atoms with E-state index in [4.69, 9.17) is 5.84 Å². The fraction of sp³-hybridized carbons (Fsp3) is 0.318. The maximum Gasteiger partial charge on any atom is 0.141 e. The number of halogens is 1. The lowest BCUT2D eigenvalue weighted by Gasteiger charge is -2.34. The number of hydrazine groups is 1. The molecule has 9 heteroatoms. The van der Waals surface area contributed by atoms with E-state index in [0.717, 1.165) is 70.9 Å². The average molecular weight is 528 g/mol. The molecule has 31 heavy (non-hydrogen) atoms. The molecule has 8 nitrogen and oxygen atoms in total. The second-order valence-electron chi connectivity index (χ2n) is 8.02. The van der Waals surface area contributed by atoms with Crippen molar-refractivity contribution in [3.05, 3.63) is 53.0 Å². The van der Waals surface area contributed by atoms with E-state index < -0.39 is 0 Å². The third-order valence-corrected chi connectivity index (χ3v) is 6.90. The number of alkyl halides is 1. The minimum Gasteiger partial charge on any atom is -0.346 e. The topological polar surface area (TPSA) is 102 Å². The molecule has 160 valence electrons. The number of piperidine rings is 1. The molecule has 4 N–H and O–H groups in total. The Morgan fingerprint density at radius 3 is 2.90 bits per heavy atom. The zero-order chi connectivity index (χ0) is 21.4. The van der Waals surface area contributed by atoms with Crippen molar-refractivity contribution in [2.24, 2.45) is 21.7 Å². The van der Waals surface area contributed by atoms with Crippen LogP contribution in [0.25, 0.3) is 16.6 Å². The summed E-state index contributed by atoms with van der Waals surface area (Å²) in [4.78, 5) is 14.4. The van der Waals surface area contributed by atoms with Gasteiger partial charge in [-0.2, -0.15) is 5.10 Å². The van der Waals surface area contributed by atoms with Gasteiger partial charge in [0.25, 0.3) is 0 Å². The Hall–Kier alpha value is -2.50. The SMILES string of the molecule is C=N/C(=C1/c2cc[nH]c2N=CN1N)C1CCN(Cc2ccc3[nH]nc(CI)c3c2)CC1. The smallest absolute Gasteiger partial charge is 0.141 e. The molecule has 1 fully saturated rings. The van der Waals surface area contributed by atoms with Crippen LogP contribution in [0.2, 0.25) is 0 Å². The Labute approximate surface area is 194 Å². The summed E-state index contributed by atoms with van der Waals surface area (Å²) in [7, 11) is 0. The third-order valence-electron chi connectivity index (χ3n) is 6.18. The maximum atomic E-state index is 6.23. The first-order valence-corrected chi connectivity index (χ1v) is 11.9. The number of hydrogen-bond acceptors (Lipinski definition) is 6. The van der Waals surface area contributed by atoms with Crippen molar-refractivity contribution in [2.45, 2.75) is 23.8 Å². The van der Waals surface area contributed by atoms with Crippen molar-refractivity contribution in [1.29, 1.82) is 0 Å². The van der Waals surface area contributed by atoms with Gasteiger partial charge in [-0.1, -0.05) is 28.7 Å². The Kier molecular flexibility index (Phi) is 5.63. The number of likely N-dealkylation sites (tertiary alicyclic amines) is 1. The van der Waals surface area contributed by atoms with E-state index in [-0.39, 0.29) is 0 Å². The fourth-order valence-electron chi connectivity index (χ4n) is 4.58. The standard InChI is InChI=1S/C22H25IN8/c1-25-20(21-16-4-7-26-22(16)27-13-31(21)24)15-5-8-30(9-6-15)12-14-2-3-18-17(10-14)19(11-23)29-28-18/h2-4,7,10,13,15,26H,1,5-6,8-9,11-12,24H2,(H,28,29)/b21-20-. The van der Waals surface area contributed by atoms with Crippen LogP contribution in [0, 0.1) is 5.92 Å². The van der Waals surface area contributed by atoms with E-state index in [1.807, 2.05) is 12.3 Å². The number of aromatic nitrogens is 3. The molecule has 0 amide bonds. The highest BCUT2D eigenvalue weighted by Crippen LogP contribution is 2.37. The van der Waals surface area contributed by atoms with Crippen LogP contribution in [-0.2, 0) is 11.0 Å². The van der Waals surface area contributed by atoms with Crippen LogP contribution in [0.4, 0.5) is 5.82 Å². The molecular weight excluding hydrogens is 503 g/mol. The number of H-pyrrole nitrogens is 2. The van der Waals surface area contributed by atoms with Crippen molar-refractivity contribution in [3.8, 4) is 0 Å². The average Bonchev–Trinajstić information content (AvgIpc) is 3.43. The predicted octanol–water partition coefficient (Wildman–Crippen LogP) is 3.96. The van der Waals surface area contributed by atoms with Crippen molar-refractivity contribution < 1.29 is 0 Å². The van der Waals surface area contributed by atoms with Crippen LogP contribution in [0.5, 0.6) is 0 Å². The molecule has 0 atom stereocenters. The molecule has 1 saturated heterocycles. The Bertz CT molecular complexity index is 1170. The Balaban J connectivity index is 1.31. The molecule has 0 radical (unpaired) electrons. The van der Waals surface area contributed by atoms with Gasteiger partial charge in [0.05, 0.1) is 22.6 Å². The number of nitrogens with one attached hydrogen (secondary N) is 2. The monoisotopic (exact) mass is 528 g/mol. The van der Waals surface area contributed by atoms with Gasteiger partial charge >= 0.3 is 0 Å². The highest BCUT2D eigenvalue weighted by atomic mass is 127. The molecule has 2 aliphatic rings. The van der Waals surface area contributed by atoms with E-state index in [1.54, 1.807) is 11.3 Å². The number of aromatic amines is 2. The second kappa shape index (κ2) is 8.56. The van der Waals surface area contributed by atoms with Crippen molar-refractivity contribution >= 4 is 58.1 Å². The summed E-state index contributed by atoms with van der Waals surface area (Å²) < 4.78 is 0.907. The van der Waals surface area contributed by atoms with Crippen LogP contribution < -0.4 is 5.84 Å². The number of nitrogens with two attached hydrogens (primary N) is 1. The van der Waals surface area contributed by atoms with Gasteiger partial charge in [0.2, 0.25) is 0 Å². The van der Waals surface area contributed by atoms with Crippen molar-refractivity contribution in [3.63, 3.8) is 0 Å². The summed E-state index contributed by atoms with van der Waals surface area (Å²) in [6, 6.07) is 8.61. The van der Waals surface area contributed by atoms with Crippen LogP contribution in [0.15, 0.2) is 46.1 Å². The van der Waals surface area contributed by atoms with Gasteiger partial charge in [-0.3, -0.25) is 20.0 Å². The van der Waals surface area contributed by atoms with Crippen LogP contribution in [0.3, 0.4) is 0 Å². The molecule has 1 aromatic carbocycles. The van der Waals surface area contributed by atoms with E-state index in [2.05, 4.69) is 77.6 Å². The van der Waals surface area contributed by atoms with Gasteiger partial charge in [0, 0.05) is 34.0 Å². The lowest BCUT2D eigenvalue weighted by Crippen LogP contribution is -2.36. The summed E-state index contributed by atoms with van der Waals surface area (Å²) in [6.07, 6.45) is 5.56. The van der Waals surface area contributed by atoms with Crippen molar-refractivity contribution in [1.82, 2.24) is 25.1 Å². The summed E-state index contributed by atoms with van der Waals surface area (Å²) in [5.74, 6) is 7.37. The molecular formula is C22H25IN8. The Morgan fingerprint density at radius 1 is 1.29 bits per heavy atom. The largest absolute Gasteiger partial charge is 0.346 e. The molecule has 0 aliphatic carbocycles. The first kappa shape index (κ1) is 20.4. The number of nitrogens with zero attached hydrogens (tertiary/aromatic N) is 5. The summed E-state index contributed by atoms with van der Waals surface area (Å²) in [6.45, 7) is 6.83. The quantitative estimate of drug-likeness (QED) is 0.202. The molecule has 2 aliphatic heterocycles. The van der Waals surface area contributed by atoms with Gasteiger partial charge in [0.1, 0.15) is 12.2 Å². The number of rotatable bonds is 5. The van der Waals surface area contributed by atoms with E-state index in [9.17, 15) is 0 Å². The number of benzene rings is 1. The highest BCUT2D eigenvalue weighted by Gasteiger charge is 2.28.